The molecule has 0 aromatic rings. The second kappa shape index (κ2) is 8.34. The van der Waals surface area contributed by atoms with Crippen molar-refractivity contribution in [3.8, 4) is 0 Å². The van der Waals surface area contributed by atoms with Gasteiger partial charge in [0.05, 0.1) is 18.3 Å². The van der Waals surface area contributed by atoms with E-state index in [1.165, 1.54) is 32.1 Å². The third-order valence-corrected chi connectivity index (χ3v) is 11.1. The van der Waals surface area contributed by atoms with Gasteiger partial charge >= 0.3 is 0 Å². The van der Waals surface area contributed by atoms with E-state index in [0.29, 0.717) is 23.7 Å². The molecule has 0 heterocycles. The van der Waals surface area contributed by atoms with Gasteiger partial charge in [0, 0.05) is 0 Å². The summed E-state index contributed by atoms with van der Waals surface area (Å²) >= 11 is 0. The monoisotopic (exact) mass is 420 g/mol. The molecule has 0 amide bonds. The fraction of sp³-hybridized carbons (Fsp3) is 1.00. The van der Waals surface area contributed by atoms with Crippen LogP contribution in [0.15, 0.2) is 0 Å². The zero-order chi connectivity index (χ0) is 21.8. The lowest BCUT2D eigenvalue weighted by Crippen LogP contribution is -2.65. The first kappa shape index (κ1) is 23.1. The largest absolute Gasteiger partial charge is 0.393 e. The van der Waals surface area contributed by atoms with Crippen molar-refractivity contribution >= 4 is 0 Å². The summed E-state index contributed by atoms with van der Waals surface area (Å²) in [5.41, 5.74) is 0.209. The Hall–Kier alpha value is -0.120. The minimum atomic E-state index is -0.327. The van der Waals surface area contributed by atoms with Crippen molar-refractivity contribution in [1.82, 2.24) is 0 Å². The van der Waals surface area contributed by atoms with Gasteiger partial charge in [0.1, 0.15) is 0 Å². The maximum Gasteiger partial charge on any atom is 0.0605 e. The van der Waals surface area contributed by atoms with Crippen LogP contribution in [0.5, 0.6) is 0 Å². The molecule has 3 N–H and O–H groups in total. The summed E-state index contributed by atoms with van der Waals surface area (Å²) < 4.78 is 0. The van der Waals surface area contributed by atoms with Crippen LogP contribution in [0.25, 0.3) is 0 Å². The standard InChI is InChI=1S/C27H48O3/c1-6-8-9-16(3)19-10-11-20-23-24(22(29)15-27(19,20)5)26(4)13-12-17(28)14-21(26)18(7-2)25(23)30/h16-25,28-30H,6-15H2,1-5H3/t16-,17-,18-,19-,20?,21+,22?,23?,24?,25?,26+,27-/m1/s1. The predicted molar refractivity (Wildman–Crippen MR) is 122 cm³/mol. The predicted octanol–water partition coefficient (Wildman–Crippen LogP) is 5.41. The fourth-order valence-electron chi connectivity index (χ4n) is 9.77. The van der Waals surface area contributed by atoms with E-state index in [4.69, 9.17) is 0 Å². The molecule has 0 aromatic carbocycles. The summed E-state index contributed by atoms with van der Waals surface area (Å²) in [4.78, 5) is 0. The third-order valence-electron chi connectivity index (χ3n) is 11.1. The number of aliphatic hydroxyl groups is 3. The summed E-state index contributed by atoms with van der Waals surface area (Å²) in [5, 5.41) is 33.9. The zero-order valence-electron chi connectivity index (χ0n) is 20.2. The lowest BCUT2D eigenvalue weighted by Gasteiger charge is -2.66. The van der Waals surface area contributed by atoms with Crippen molar-refractivity contribution in [3.05, 3.63) is 0 Å². The van der Waals surface area contributed by atoms with Gasteiger partial charge < -0.3 is 15.3 Å². The second-order valence-electron chi connectivity index (χ2n) is 12.4. The van der Waals surface area contributed by atoms with Crippen LogP contribution < -0.4 is 0 Å². The van der Waals surface area contributed by atoms with E-state index >= 15 is 0 Å². The number of hydrogen-bond acceptors (Lipinski definition) is 3. The van der Waals surface area contributed by atoms with Gasteiger partial charge in [0.15, 0.2) is 0 Å². The lowest BCUT2D eigenvalue weighted by molar-refractivity contribution is -0.235. The first-order chi connectivity index (χ1) is 14.2. The molecular formula is C27H48O3. The number of hydrogen-bond donors (Lipinski definition) is 3. The summed E-state index contributed by atoms with van der Waals surface area (Å²) in [6.07, 6.45) is 10.0. The molecule has 4 saturated carbocycles. The smallest absolute Gasteiger partial charge is 0.0605 e. The van der Waals surface area contributed by atoms with E-state index in [0.717, 1.165) is 32.1 Å². The minimum absolute atomic E-state index is 0.0520. The first-order valence-electron chi connectivity index (χ1n) is 13.2. The highest BCUT2D eigenvalue weighted by molar-refractivity contribution is 5.15. The molecule has 0 saturated heterocycles. The zero-order valence-corrected chi connectivity index (χ0v) is 20.2. The quantitative estimate of drug-likeness (QED) is 0.557. The van der Waals surface area contributed by atoms with Crippen LogP contribution in [-0.4, -0.2) is 33.6 Å². The van der Waals surface area contributed by atoms with Gasteiger partial charge in [0.25, 0.3) is 0 Å². The molecule has 0 bridgehead atoms. The Morgan fingerprint density at radius 1 is 0.967 bits per heavy atom. The van der Waals surface area contributed by atoms with E-state index < -0.39 is 0 Å². The topological polar surface area (TPSA) is 60.7 Å². The van der Waals surface area contributed by atoms with E-state index in [2.05, 4.69) is 34.6 Å². The first-order valence-corrected chi connectivity index (χ1v) is 13.2. The van der Waals surface area contributed by atoms with Crippen molar-refractivity contribution in [3.63, 3.8) is 0 Å². The van der Waals surface area contributed by atoms with Crippen LogP contribution in [0, 0.1) is 52.3 Å². The molecule has 0 aromatic heterocycles. The molecule has 30 heavy (non-hydrogen) atoms. The highest BCUT2D eigenvalue weighted by Gasteiger charge is 2.67. The molecule has 3 heteroatoms. The third kappa shape index (κ3) is 3.32. The van der Waals surface area contributed by atoms with Gasteiger partial charge in [0.2, 0.25) is 0 Å². The van der Waals surface area contributed by atoms with Crippen LogP contribution in [0.3, 0.4) is 0 Å². The van der Waals surface area contributed by atoms with E-state index in [9.17, 15) is 15.3 Å². The lowest BCUT2D eigenvalue weighted by atomic mass is 9.40. The molecule has 3 nitrogen and oxygen atoms in total. The normalized spacial score (nSPS) is 54.2. The average molecular weight is 421 g/mol. The van der Waals surface area contributed by atoms with Gasteiger partial charge in [-0.1, -0.05) is 60.3 Å². The maximum atomic E-state index is 11.8. The summed E-state index contributed by atoms with van der Waals surface area (Å²) in [7, 11) is 0. The van der Waals surface area contributed by atoms with Crippen molar-refractivity contribution in [2.75, 3.05) is 0 Å². The van der Waals surface area contributed by atoms with Crippen LogP contribution in [0.2, 0.25) is 0 Å². The Morgan fingerprint density at radius 3 is 2.37 bits per heavy atom. The van der Waals surface area contributed by atoms with Crippen molar-refractivity contribution < 1.29 is 15.3 Å². The SMILES string of the molecule is CCCC[C@@H](C)[C@H]1CCC2C3C(O)[C@H](CC)[C@@H]4C[C@H](O)CC[C@]4(C)C3C(O)C[C@@]21C. The molecule has 4 rings (SSSR count). The molecule has 4 aliphatic rings. The highest BCUT2D eigenvalue weighted by Crippen LogP contribution is 2.69. The van der Waals surface area contributed by atoms with Crippen molar-refractivity contribution in [1.29, 1.82) is 0 Å². The molecule has 12 atom stereocenters. The van der Waals surface area contributed by atoms with Crippen molar-refractivity contribution in [2.45, 2.75) is 117 Å². The van der Waals surface area contributed by atoms with Gasteiger partial charge in [-0.25, -0.2) is 0 Å². The summed E-state index contributed by atoms with van der Waals surface area (Å²) in [6, 6.07) is 0. The van der Waals surface area contributed by atoms with Crippen LogP contribution in [0.1, 0.15) is 98.8 Å². The van der Waals surface area contributed by atoms with Gasteiger partial charge in [-0.2, -0.15) is 0 Å². The summed E-state index contributed by atoms with van der Waals surface area (Å²) in [6.45, 7) is 11.8. The highest BCUT2D eigenvalue weighted by atomic mass is 16.3. The Morgan fingerprint density at radius 2 is 1.70 bits per heavy atom. The van der Waals surface area contributed by atoms with Crippen LogP contribution in [0.4, 0.5) is 0 Å². The fourth-order valence-corrected chi connectivity index (χ4v) is 9.77. The summed E-state index contributed by atoms with van der Waals surface area (Å²) in [5.74, 6) is 2.93. The minimum Gasteiger partial charge on any atom is -0.393 e. The Balaban J connectivity index is 1.68. The molecular weight excluding hydrogens is 372 g/mol. The molecule has 0 aliphatic heterocycles. The molecule has 4 aliphatic carbocycles. The van der Waals surface area contributed by atoms with Gasteiger partial charge in [-0.05, 0) is 90.8 Å². The Labute approximate surface area is 185 Å². The van der Waals surface area contributed by atoms with Crippen molar-refractivity contribution in [2.24, 2.45) is 52.3 Å². The number of unbranched alkanes of at least 4 members (excludes halogenated alkanes) is 1. The Bertz CT molecular complexity index is 607. The number of rotatable bonds is 5. The van der Waals surface area contributed by atoms with E-state index in [1.807, 2.05) is 0 Å². The van der Waals surface area contributed by atoms with Gasteiger partial charge in [-0.3, -0.25) is 0 Å². The molecule has 5 unspecified atom stereocenters. The number of fused-ring (bicyclic) bond motifs is 5. The van der Waals surface area contributed by atoms with Crippen LogP contribution >= 0.6 is 0 Å². The van der Waals surface area contributed by atoms with E-state index in [1.54, 1.807) is 0 Å². The maximum absolute atomic E-state index is 11.8. The van der Waals surface area contributed by atoms with Crippen LogP contribution in [-0.2, 0) is 0 Å². The molecule has 4 fully saturated rings. The average Bonchev–Trinajstić information content (AvgIpc) is 3.04. The molecule has 0 spiro atoms. The van der Waals surface area contributed by atoms with E-state index in [-0.39, 0.29) is 46.9 Å². The van der Waals surface area contributed by atoms with Gasteiger partial charge in [-0.15, -0.1) is 0 Å². The number of aliphatic hydroxyl groups excluding tert-OH is 3. The molecule has 174 valence electrons. The second-order valence-corrected chi connectivity index (χ2v) is 12.4. The Kier molecular flexibility index (Phi) is 6.41. The molecule has 0 radical (unpaired) electrons.